The predicted octanol–water partition coefficient (Wildman–Crippen LogP) is 2.48. The quantitative estimate of drug-likeness (QED) is 0.883. The van der Waals surface area contributed by atoms with Crippen molar-refractivity contribution in [1.29, 1.82) is 0 Å². The molecule has 0 aliphatic carbocycles. The average Bonchev–Trinajstić information content (AvgIpc) is 2.75. The maximum absolute atomic E-state index is 11.6. The number of aliphatic hydroxyl groups excluding tert-OH is 1. The smallest absolute Gasteiger partial charge is 0.407 e. The molecule has 0 saturated heterocycles. The molecule has 1 rings (SSSR count). The van der Waals surface area contributed by atoms with Crippen LogP contribution in [0, 0.1) is 0 Å². The van der Waals surface area contributed by atoms with E-state index in [9.17, 15) is 9.90 Å². The number of carbonyl (C=O) groups is 1. The Bertz CT molecular complexity index is 373. The molecule has 0 aromatic carbocycles. The zero-order valence-electron chi connectivity index (χ0n) is 11.1. The molecule has 2 atom stereocenters. The van der Waals surface area contributed by atoms with E-state index in [0.717, 1.165) is 0 Å². The standard InChI is InChI=1S/C12H20N2O3S/c1-5-8(9(15)10-13-6-7-18-10)14-11(16)17-12(2,3)4/h6-9,15H,5H2,1-4H3,(H,14,16). The zero-order chi connectivity index (χ0) is 13.8. The van der Waals surface area contributed by atoms with E-state index in [1.54, 1.807) is 32.3 Å². The molecule has 6 heteroatoms. The van der Waals surface area contributed by atoms with Crippen LogP contribution in [0.15, 0.2) is 11.6 Å². The molecule has 1 aromatic heterocycles. The summed E-state index contributed by atoms with van der Waals surface area (Å²) in [5.74, 6) is 0. The van der Waals surface area contributed by atoms with Crippen LogP contribution in [-0.2, 0) is 4.74 Å². The highest BCUT2D eigenvalue weighted by atomic mass is 32.1. The van der Waals surface area contributed by atoms with E-state index >= 15 is 0 Å². The number of nitrogens with one attached hydrogen (secondary N) is 1. The third-order valence-corrected chi connectivity index (χ3v) is 3.07. The van der Waals surface area contributed by atoms with E-state index < -0.39 is 23.8 Å². The van der Waals surface area contributed by atoms with Gasteiger partial charge in [-0.1, -0.05) is 6.92 Å². The molecule has 1 aromatic rings. The molecule has 0 aliphatic rings. The number of amides is 1. The van der Waals surface area contributed by atoms with E-state index in [1.165, 1.54) is 11.3 Å². The maximum Gasteiger partial charge on any atom is 0.407 e. The fourth-order valence-electron chi connectivity index (χ4n) is 1.42. The van der Waals surface area contributed by atoms with Crippen molar-refractivity contribution in [2.75, 3.05) is 0 Å². The van der Waals surface area contributed by atoms with Crippen molar-refractivity contribution >= 4 is 17.4 Å². The summed E-state index contributed by atoms with van der Waals surface area (Å²) in [6.07, 6.45) is 0.899. The van der Waals surface area contributed by atoms with Gasteiger partial charge in [0.1, 0.15) is 16.7 Å². The topological polar surface area (TPSA) is 71.5 Å². The van der Waals surface area contributed by atoms with Gasteiger partial charge in [-0.15, -0.1) is 11.3 Å². The molecule has 2 N–H and O–H groups in total. The molecule has 5 nitrogen and oxygen atoms in total. The van der Waals surface area contributed by atoms with Gasteiger partial charge in [0.15, 0.2) is 0 Å². The molecule has 0 aliphatic heterocycles. The summed E-state index contributed by atoms with van der Waals surface area (Å²) in [6.45, 7) is 7.28. The number of carbonyl (C=O) groups excluding carboxylic acids is 1. The van der Waals surface area contributed by atoms with Crippen molar-refractivity contribution in [2.45, 2.75) is 51.9 Å². The molecule has 0 bridgehead atoms. The first-order valence-corrected chi connectivity index (χ1v) is 6.78. The van der Waals surface area contributed by atoms with Crippen LogP contribution in [0.25, 0.3) is 0 Å². The summed E-state index contributed by atoms with van der Waals surface area (Å²) >= 11 is 1.36. The monoisotopic (exact) mass is 272 g/mol. The van der Waals surface area contributed by atoms with Crippen LogP contribution in [0.5, 0.6) is 0 Å². The van der Waals surface area contributed by atoms with Crippen LogP contribution in [0.3, 0.4) is 0 Å². The lowest BCUT2D eigenvalue weighted by Gasteiger charge is -2.25. The van der Waals surface area contributed by atoms with E-state index in [2.05, 4.69) is 10.3 Å². The van der Waals surface area contributed by atoms with Crippen LogP contribution in [0.1, 0.15) is 45.2 Å². The highest BCUT2D eigenvalue weighted by Crippen LogP contribution is 2.21. The number of hydrogen-bond donors (Lipinski definition) is 2. The zero-order valence-corrected chi connectivity index (χ0v) is 12.0. The van der Waals surface area contributed by atoms with Crippen molar-refractivity contribution in [3.63, 3.8) is 0 Å². The first-order chi connectivity index (χ1) is 8.33. The van der Waals surface area contributed by atoms with Gasteiger partial charge in [0.05, 0.1) is 6.04 Å². The molecule has 0 fully saturated rings. The minimum atomic E-state index is -0.803. The van der Waals surface area contributed by atoms with E-state index in [-0.39, 0.29) is 0 Å². The molecule has 0 saturated carbocycles. The second kappa shape index (κ2) is 6.15. The van der Waals surface area contributed by atoms with Gasteiger partial charge in [-0.3, -0.25) is 0 Å². The van der Waals surface area contributed by atoms with Gasteiger partial charge in [-0.2, -0.15) is 0 Å². The Balaban J connectivity index is 2.59. The summed E-state index contributed by atoms with van der Waals surface area (Å²) in [7, 11) is 0. The predicted molar refractivity (Wildman–Crippen MR) is 70.5 cm³/mol. The molecule has 2 unspecified atom stereocenters. The summed E-state index contributed by atoms with van der Waals surface area (Å²) in [4.78, 5) is 15.7. The first kappa shape index (κ1) is 14.9. The van der Waals surface area contributed by atoms with Crippen LogP contribution in [0.4, 0.5) is 4.79 Å². The average molecular weight is 272 g/mol. The number of hydrogen-bond acceptors (Lipinski definition) is 5. The van der Waals surface area contributed by atoms with Gasteiger partial charge in [-0.05, 0) is 27.2 Å². The second-order valence-electron chi connectivity index (χ2n) is 4.98. The van der Waals surface area contributed by atoms with Crippen LogP contribution in [0.2, 0.25) is 0 Å². The lowest BCUT2D eigenvalue weighted by Crippen LogP contribution is -2.41. The fourth-order valence-corrected chi connectivity index (χ4v) is 2.10. The summed E-state index contributed by atoms with van der Waals surface area (Å²) in [6, 6.07) is -0.397. The summed E-state index contributed by atoms with van der Waals surface area (Å²) in [5.41, 5.74) is -0.547. The number of alkyl carbamates (subject to hydrolysis) is 1. The highest BCUT2D eigenvalue weighted by Gasteiger charge is 2.25. The largest absolute Gasteiger partial charge is 0.444 e. The summed E-state index contributed by atoms with van der Waals surface area (Å²) < 4.78 is 5.16. The third kappa shape index (κ3) is 4.62. The SMILES string of the molecule is CCC(NC(=O)OC(C)(C)C)C(O)c1nccs1. The minimum Gasteiger partial charge on any atom is -0.444 e. The van der Waals surface area contributed by atoms with E-state index in [0.29, 0.717) is 11.4 Å². The fraction of sp³-hybridized carbons (Fsp3) is 0.667. The van der Waals surface area contributed by atoms with Gasteiger partial charge < -0.3 is 15.2 Å². The minimum absolute atomic E-state index is 0.397. The Morgan fingerprint density at radius 1 is 1.61 bits per heavy atom. The Morgan fingerprint density at radius 2 is 2.28 bits per heavy atom. The molecule has 18 heavy (non-hydrogen) atoms. The summed E-state index contributed by atoms with van der Waals surface area (Å²) in [5, 5.41) is 15.1. The Labute approximate surface area is 111 Å². The maximum atomic E-state index is 11.6. The Kier molecular flexibility index (Phi) is 5.10. The van der Waals surface area contributed by atoms with Gasteiger partial charge in [0.2, 0.25) is 0 Å². The van der Waals surface area contributed by atoms with Gasteiger partial charge >= 0.3 is 6.09 Å². The Hall–Kier alpha value is -1.14. The molecule has 1 heterocycles. The number of nitrogens with zero attached hydrogens (tertiary/aromatic N) is 1. The van der Waals surface area contributed by atoms with Crippen LogP contribution >= 0.6 is 11.3 Å². The number of aliphatic hydroxyl groups is 1. The molecule has 102 valence electrons. The van der Waals surface area contributed by atoms with Crippen molar-refractivity contribution in [2.24, 2.45) is 0 Å². The molecule has 1 amide bonds. The Morgan fingerprint density at radius 3 is 2.72 bits per heavy atom. The van der Waals surface area contributed by atoms with Gasteiger partial charge in [0, 0.05) is 11.6 Å². The number of rotatable bonds is 4. The normalized spacial score (nSPS) is 14.9. The van der Waals surface area contributed by atoms with Crippen molar-refractivity contribution in [3.05, 3.63) is 16.6 Å². The van der Waals surface area contributed by atoms with Crippen molar-refractivity contribution in [3.8, 4) is 0 Å². The number of thiazole rings is 1. The van der Waals surface area contributed by atoms with E-state index in [1.807, 2.05) is 6.92 Å². The van der Waals surface area contributed by atoms with Crippen molar-refractivity contribution in [1.82, 2.24) is 10.3 Å². The number of ether oxygens (including phenoxy) is 1. The highest BCUT2D eigenvalue weighted by molar-refractivity contribution is 7.09. The molecular weight excluding hydrogens is 252 g/mol. The molecular formula is C12H20N2O3S. The van der Waals surface area contributed by atoms with Gasteiger partial charge in [0.25, 0.3) is 0 Å². The van der Waals surface area contributed by atoms with Crippen LogP contribution in [-0.4, -0.2) is 27.8 Å². The van der Waals surface area contributed by atoms with Gasteiger partial charge in [-0.25, -0.2) is 9.78 Å². The number of aromatic nitrogens is 1. The lowest BCUT2D eigenvalue weighted by molar-refractivity contribution is 0.0417. The lowest BCUT2D eigenvalue weighted by atomic mass is 10.1. The third-order valence-electron chi connectivity index (χ3n) is 2.23. The first-order valence-electron chi connectivity index (χ1n) is 5.90. The van der Waals surface area contributed by atoms with E-state index in [4.69, 9.17) is 4.74 Å². The molecule has 0 radical (unpaired) electrons. The second-order valence-corrected chi connectivity index (χ2v) is 5.90. The van der Waals surface area contributed by atoms with Crippen molar-refractivity contribution < 1.29 is 14.6 Å². The molecule has 0 spiro atoms. The van der Waals surface area contributed by atoms with Crippen LogP contribution < -0.4 is 5.32 Å².